The average molecular weight is 486 g/mol. The molecule has 0 unspecified atom stereocenters. The normalized spacial score (nSPS) is 10.3. The van der Waals surface area contributed by atoms with E-state index in [-0.39, 0.29) is 28.5 Å². The van der Waals surface area contributed by atoms with Gasteiger partial charge in [0.25, 0.3) is 5.91 Å². The van der Waals surface area contributed by atoms with Gasteiger partial charge in [-0.15, -0.1) is 11.3 Å². The minimum atomic E-state index is -0.724. The van der Waals surface area contributed by atoms with Gasteiger partial charge in [-0.3, -0.25) is 4.79 Å². The summed E-state index contributed by atoms with van der Waals surface area (Å²) in [4.78, 5) is 37.3. The summed E-state index contributed by atoms with van der Waals surface area (Å²) in [5, 5.41) is 13.9. The Morgan fingerprint density at radius 1 is 0.941 bits per heavy atom. The highest BCUT2D eigenvalue weighted by atomic mass is 32.1. The van der Waals surface area contributed by atoms with Crippen LogP contribution in [0.3, 0.4) is 0 Å². The van der Waals surface area contributed by atoms with Crippen LogP contribution in [0.2, 0.25) is 0 Å². The lowest BCUT2D eigenvalue weighted by Crippen LogP contribution is -2.21. The number of thiophene rings is 1. The molecule has 0 spiro atoms. The molecule has 178 valence electrons. The van der Waals surface area contributed by atoms with E-state index in [4.69, 9.17) is 18.9 Å². The minimum absolute atomic E-state index is 0.00349. The topological polar surface area (TPSA) is 120 Å². The van der Waals surface area contributed by atoms with Gasteiger partial charge in [0, 0.05) is 10.9 Å². The number of hydrogen-bond donors (Lipinski definition) is 2. The first-order chi connectivity index (χ1) is 16.4. The van der Waals surface area contributed by atoms with E-state index in [1.807, 2.05) is 0 Å². The number of amides is 1. The maximum atomic E-state index is 12.7. The van der Waals surface area contributed by atoms with E-state index in [9.17, 15) is 19.5 Å². The second-order valence-electron chi connectivity index (χ2n) is 6.81. The standard InChI is InChI=1S/C24H23NO8S/c1-4-32-24(29)21-17(15-7-10-18(30-2)19(11-15)31-3)13-34-22(21)25-20(27)12-33-23(28)14-5-8-16(26)9-6-14/h5-11,13,26H,4,12H2,1-3H3,(H,25,27). The maximum absolute atomic E-state index is 12.7. The molecule has 0 bridgehead atoms. The first kappa shape index (κ1) is 24.6. The lowest BCUT2D eigenvalue weighted by molar-refractivity contribution is -0.119. The maximum Gasteiger partial charge on any atom is 0.341 e. The Labute approximate surface area is 199 Å². The molecule has 1 heterocycles. The van der Waals surface area contributed by atoms with Crippen molar-refractivity contribution in [2.75, 3.05) is 32.8 Å². The highest BCUT2D eigenvalue weighted by Crippen LogP contribution is 2.39. The highest BCUT2D eigenvalue weighted by molar-refractivity contribution is 7.15. The molecule has 0 saturated carbocycles. The molecular weight excluding hydrogens is 462 g/mol. The number of carbonyl (C=O) groups is 3. The first-order valence-corrected chi connectivity index (χ1v) is 11.0. The molecule has 0 aliphatic rings. The molecular formula is C24H23NO8S. The van der Waals surface area contributed by atoms with Crippen LogP contribution >= 0.6 is 11.3 Å². The van der Waals surface area contributed by atoms with Gasteiger partial charge in [0.15, 0.2) is 18.1 Å². The third kappa shape index (κ3) is 5.65. The summed E-state index contributed by atoms with van der Waals surface area (Å²) in [6, 6.07) is 10.6. The second kappa shape index (κ2) is 11.2. The van der Waals surface area contributed by atoms with Crippen molar-refractivity contribution < 1.29 is 38.4 Å². The quantitative estimate of drug-likeness (QED) is 0.435. The van der Waals surface area contributed by atoms with E-state index in [0.29, 0.717) is 22.6 Å². The average Bonchev–Trinajstić information content (AvgIpc) is 3.26. The molecule has 1 amide bonds. The van der Waals surface area contributed by atoms with Gasteiger partial charge in [-0.1, -0.05) is 6.07 Å². The number of benzene rings is 2. The van der Waals surface area contributed by atoms with E-state index in [1.54, 1.807) is 30.5 Å². The van der Waals surface area contributed by atoms with Crippen LogP contribution < -0.4 is 14.8 Å². The summed E-state index contributed by atoms with van der Waals surface area (Å²) >= 11 is 1.14. The molecule has 0 aliphatic carbocycles. The Hall–Kier alpha value is -4.05. The molecule has 0 radical (unpaired) electrons. The lowest BCUT2D eigenvalue weighted by Gasteiger charge is -2.11. The SMILES string of the molecule is CCOC(=O)c1c(-c2ccc(OC)c(OC)c2)csc1NC(=O)COC(=O)c1ccc(O)cc1. The van der Waals surface area contributed by atoms with Crippen LogP contribution in [-0.4, -0.2) is 50.4 Å². The van der Waals surface area contributed by atoms with Crippen molar-refractivity contribution in [1.82, 2.24) is 0 Å². The monoisotopic (exact) mass is 485 g/mol. The third-order valence-corrected chi connectivity index (χ3v) is 5.55. The number of aromatic hydroxyl groups is 1. The number of ether oxygens (including phenoxy) is 4. The summed E-state index contributed by atoms with van der Waals surface area (Å²) in [6.45, 7) is 1.27. The summed E-state index contributed by atoms with van der Waals surface area (Å²) in [6.07, 6.45) is 0. The van der Waals surface area contributed by atoms with Gasteiger partial charge < -0.3 is 29.4 Å². The van der Waals surface area contributed by atoms with Crippen LogP contribution in [0.5, 0.6) is 17.2 Å². The van der Waals surface area contributed by atoms with Crippen molar-refractivity contribution in [2.24, 2.45) is 0 Å². The van der Waals surface area contributed by atoms with Gasteiger partial charge in [-0.2, -0.15) is 0 Å². The first-order valence-electron chi connectivity index (χ1n) is 10.1. The molecule has 0 saturated heterocycles. The van der Waals surface area contributed by atoms with Crippen molar-refractivity contribution in [3.8, 4) is 28.4 Å². The van der Waals surface area contributed by atoms with Crippen LogP contribution in [0.1, 0.15) is 27.6 Å². The van der Waals surface area contributed by atoms with E-state index in [1.165, 1.54) is 38.5 Å². The Balaban J connectivity index is 1.80. The number of nitrogens with one attached hydrogen (secondary N) is 1. The predicted octanol–water partition coefficient (Wildman–Crippen LogP) is 4.11. The van der Waals surface area contributed by atoms with Gasteiger partial charge in [0.05, 0.1) is 26.4 Å². The minimum Gasteiger partial charge on any atom is -0.508 e. The zero-order valence-electron chi connectivity index (χ0n) is 18.7. The highest BCUT2D eigenvalue weighted by Gasteiger charge is 2.24. The van der Waals surface area contributed by atoms with Crippen LogP contribution in [0.15, 0.2) is 47.8 Å². The molecule has 34 heavy (non-hydrogen) atoms. The summed E-state index contributed by atoms with van der Waals surface area (Å²) in [7, 11) is 3.03. The van der Waals surface area contributed by atoms with Crippen LogP contribution in [0.4, 0.5) is 5.00 Å². The molecule has 9 nitrogen and oxygen atoms in total. The Morgan fingerprint density at radius 2 is 1.65 bits per heavy atom. The number of phenolic OH excluding ortho intramolecular Hbond substituents is 1. The number of carbonyl (C=O) groups excluding carboxylic acids is 3. The van der Waals surface area contributed by atoms with Crippen molar-refractivity contribution in [2.45, 2.75) is 6.92 Å². The molecule has 0 aliphatic heterocycles. The molecule has 3 rings (SSSR count). The van der Waals surface area contributed by atoms with E-state index < -0.39 is 24.5 Å². The summed E-state index contributed by atoms with van der Waals surface area (Å²) < 4.78 is 20.8. The van der Waals surface area contributed by atoms with Crippen molar-refractivity contribution in [1.29, 1.82) is 0 Å². The van der Waals surface area contributed by atoms with Crippen LogP contribution in [0, 0.1) is 0 Å². The number of anilines is 1. The van der Waals surface area contributed by atoms with E-state index in [2.05, 4.69) is 5.32 Å². The van der Waals surface area contributed by atoms with Gasteiger partial charge in [-0.25, -0.2) is 9.59 Å². The summed E-state index contributed by atoms with van der Waals surface area (Å²) in [5.41, 5.74) is 1.57. The number of methoxy groups -OCH3 is 2. The van der Waals surface area contributed by atoms with E-state index >= 15 is 0 Å². The molecule has 2 aromatic carbocycles. The summed E-state index contributed by atoms with van der Waals surface area (Å²) in [5.74, 6) is -0.944. The number of rotatable bonds is 9. The molecule has 0 atom stereocenters. The van der Waals surface area contributed by atoms with Crippen molar-refractivity contribution in [3.05, 3.63) is 59.0 Å². The largest absolute Gasteiger partial charge is 0.508 e. The third-order valence-electron chi connectivity index (χ3n) is 4.66. The van der Waals surface area contributed by atoms with Crippen molar-refractivity contribution in [3.63, 3.8) is 0 Å². The fourth-order valence-electron chi connectivity index (χ4n) is 3.05. The van der Waals surface area contributed by atoms with Gasteiger partial charge >= 0.3 is 11.9 Å². The second-order valence-corrected chi connectivity index (χ2v) is 7.69. The fraction of sp³-hybridized carbons (Fsp3) is 0.208. The molecule has 2 N–H and O–H groups in total. The van der Waals surface area contributed by atoms with Gasteiger partial charge in [-0.05, 0) is 48.9 Å². The molecule has 10 heteroatoms. The Morgan fingerprint density at radius 3 is 2.29 bits per heavy atom. The predicted molar refractivity (Wildman–Crippen MR) is 126 cm³/mol. The Kier molecular flexibility index (Phi) is 8.10. The van der Waals surface area contributed by atoms with Gasteiger partial charge in [0.1, 0.15) is 16.3 Å². The van der Waals surface area contributed by atoms with E-state index in [0.717, 1.165) is 11.3 Å². The zero-order chi connectivity index (χ0) is 24.7. The zero-order valence-corrected chi connectivity index (χ0v) is 19.6. The number of phenols is 1. The van der Waals surface area contributed by atoms with Crippen LogP contribution in [-0.2, 0) is 14.3 Å². The smallest absolute Gasteiger partial charge is 0.341 e. The lowest BCUT2D eigenvalue weighted by atomic mass is 10.0. The number of hydrogen-bond acceptors (Lipinski definition) is 9. The molecule has 3 aromatic rings. The van der Waals surface area contributed by atoms with Crippen molar-refractivity contribution >= 4 is 34.2 Å². The molecule has 0 fully saturated rings. The van der Waals surface area contributed by atoms with Gasteiger partial charge in [0.2, 0.25) is 0 Å². The molecule has 1 aromatic heterocycles. The van der Waals surface area contributed by atoms with Crippen LogP contribution in [0.25, 0.3) is 11.1 Å². The Bertz CT molecular complexity index is 1190. The number of esters is 2. The fourth-order valence-corrected chi connectivity index (χ4v) is 4.02.